The Hall–Kier alpha value is -1.98. The fourth-order valence-corrected chi connectivity index (χ4v) is 4.38. The second-order valence-corrected chi connectivity index (χ2v) is 8.04. The van der Waals surface area contributed by atoms with Gasteiger partial charge in [-0.2, -0.15) is 0 Å². The van der Waals surface area contributed by atoms with E-state index in [1.54, 1.807) is 0 Å². The highest BCUT2D eigenvalue weighted by molar-refractivity contribution is 6.06. The Morgan fingerprint density at radius 1 is 1.27 bits per heavy atom. The van der Waals surface area contributed by atoms with E-state index < -0.39 is 0 Å². The molecule has 3 atom stereocenters. The van der Waals surface area contributed by atoms with Crippen LogP contribution in [0.5, 0.6) is 0 Å². The van der Waals surface area contributed by atoms with Gasteiger partial charge in [-0.25, -0.2) is 0 Å². The van der Waals surface area contributed by atoms with Crippen LogP contribution in [-0.2, 0) is 4.74 Å². The van der Waals surface area contributed by atoms with E-state index in [0.29, 0.717) is 12.0 Å². The first-order chi connectivity index (χ1) is 12.7. The highest BCUT2D eigenvalue weighted by atomic mass is 16.5. The van der Waals surface area contributed by atoms with Crippen LogP contribution in [0.2, 0.25) is 0 Å². The van der Waals surface area contributed by atoms with E-state index in [-0.39, 0.29) is 18.1 Å². The van der Waals surface area contributed by atoms with Crippen molar-refractivity contribution < 1.29 is 9.53 Å². The van der Waals surface area contributed by atoms with Crippen molar-refractivity contribution in [1.29, 1.82) is 0 Å². The maximum atomic E-state index is 13.1. The maximum absolute atomic E-state index is 13.1. The largest absolute Gasteiger partial charge is 0.376 e. The molecule has 5 heteroatoms. The third-order valence-electron chi connectivity index (χ3n) is 5.90. The standard InChI is InChI=1S/C21H25N3O2/c1-13-10-24-11-15(8-16(24)12-26-13)22-21(25)18-9-20(14-6-7-14)23-19-5-3-2-4-17(18)19/h2-5,9,13-16H,6-8,10-12H2,1H3,(H,22,25)/t13-,15-,16-/m0/s1. The van der Waals surface area contributed by atoms with Crippen molar-refractivity contribution >= 4 is 16.8 Å². The number of aromatic nitrogens is 1. The molecule has 1 aliphatic carbocycles. The number of carbonyl (C=O) groups excluding carboxylic acids is 1. The molecule has 3 fully saturated rings. The van der Waals surface area contributed by atoms with Gasteiger partial charge in [0.15, 0.2) is 0 Å². The maximum Gasteiger partial charge on any atom is 0.252 e. The summed E-state index contributed by atoms with van der Waals surface area (Å²) in [5, 5.41) is 4.23. The van der Waals surface area contributed by atoms with Crippen LogP contribution in [0.4, 0.5) is 0 Å². The van der Waals surface area contributed by atoms with Gasteiger partial charge in [-0.15, -0.1) is 0 Å². The average molecular weight is 351 g/mol. The van der Waals surface area contributed by atoms with Crippen molar-refractivity contribution in [2.45, 2.75) is 50.3 Å². The number of carbonyl (C=O) groups is 1. The molecule has 0 unspecified atom stereocenters. The highest BCUT2D eigenvalue weighted by Crippen LogP contribution is 2.40. The summed E-state index contributed by atoms with van der Waals surface area (Å²) in [6.45, 7) is 4.77. The van der Waals surface area contributed by atoms with Gasteiger partial charge in [-0.1, -0.05) is 18.2 Å². The molecule has 5 rings (SSSR count). The molecular weight excluding hydrogens is 326 g/mol. The van der Waals surface area contributed by atoms with Gasteiger partial charge in [0.25, 0.3) is 5.91 Å². The number of rotatable bonds is 3. The minimum absolute atomic E-state index is 0.0318. The zero-order chi connectivity index (χ0) is 17.7. The number of hydrogen-bond donors (Lipinski definition) is 1. The lowest BCUT2D eigenvalue weighted by molar-refractivity contribution is -0.0390. The van der Waals surface area contributed by atoms with Gasteiger partial charge >= 0.3 is 0 Å². The lowest BCUT2D eigenvalue weighted by Gasteiger charge is -2.33. The number of hydrogen-bond acceptors (Lipinski definition) is 4. The monoisotopic (exact) mass is 351 g/mol. The Morgan fingerprint density at radius 2 is 2.12 bits per heavy atom. The van der Waals surface area contributed by atoms with Crippen molar-refractivity contribution in [3.63, 3.8) is 0 Å². The molecule has 0 bridgehead atoms. The molecule has 5 nitrogen and oxygen atoms in total. The van der Waals surface area contributed by atoms with E-state index in [0.717, 1.165) is 48.3 Å². The molecule has 1 saturated carbocycles. The molecule has 0 radical (unpaired) electrons. The fraction of sp³-hybridized carbons (Fsp3) is 0.524. The Kier molecular flexibility index (Phi) is 3.94. The number of benzene rings is 1. The number of nitrogens with zero attached hydrogens (tertiary/aromatic N) is 2. The molecule has 3 aliphatic rings. The van der Waals surface area contributed by atoms with E-state index in [1.807, 2.05) is 30.3 Å². The van der Waals surface area contributed by atoms with Crippen LogP contribution in [0.3, 0.4) is 0 Å². The van der Waals surface area contributed by atoms with Crippen molar-refractivity contribution in [3.05, 3.63) is 41.6 Å². The van der Waals surface area contributed by atoms with Gasteiger partial charge in [-0.3, -0.25) is 14.7 Å². The Balaban J connectivity index is 1.39. The molecular formula is C21H25N3O2. The summed E-state index contributed by atoms with van der Waals surface area (Å²) in [6, 6.07) is 10.6. The van der Waals surface area contributed by atoms with Crippen LogP contribution in [0.1, 0.15) is 48.2 Å². The van der Waals surface area contributed by atoms with Crippen LogP contribution >= 0.6 is 0 Å². The predicted octanol–water partition coefficient (Wildman–Crippen LogP) is 2.70. The molecule has 2 aromatic rings. The fourth-order valence-electron chi connectivity index (χ4n) is 4.38. The Bertz CT molecular complexity index is 848. The molecule has 2 saturated heterocycles. The number of nitrogens with one attached hydrogen (secondary N) is 1. The van der Waals surface area contributed by atoms with E-state index >= 15 is 0 Å². The molecule has 1 aromatic heterocycles. The normalized spacial score (nSPS) is 28.9. The van der Waals surface area contributed by atoms with E-state index in [2.05, 4.69) is 17.1 Å². The second-order valence-electron chi connectivity index (χ2n) is 8.04. The smallest absolute Gasteiger partial charge is 0.252 e. The van der Waals surface area contributed by atoms with Crippen LogP contribution in [0.15, 0.2) is 30.3 Å². The summed E-state index contributed by atoms with van der Waals surface area (Å²) < 4.78 is 5.77. The van der Waals surface area contributed by atoms with Crippen molar-refractivity contribution in [1.82, 2.24) is 15.2 Å². The Morgan fingerprint density at radius 3 is 2.96 bits per heavy atom. The molecule has 1 aromatic carbocycles. The molecule has 1 N–H and O–H groups in total. The van der Waals surface area contributed by atoms with Crippen LogP contribution in [0.25, 0.3) is 10.9 Å². The number of pyridine rings is 1. The quantitative estimate of drug-likeness (QED) is 0.924. The zero-order valence-corrected chi connectivity index (χ0v) is 15.1. The first-order valence-electron chi connectivity index (χ1n) is 9.73. The van der Waals surface area contributed by atoms with Crippen molar-refractivity contribution in [2.24, 2.45) is 0 Å². The van der Waals surface area contributed by atoms with E-state index in [1.165, 1.54) is 12.8 Å². The predicted molar refractivity (Wildman–Crippen MR) is 100 cm³/mol. The average Bonchev–Trinajstić information content (AvgIpc) is 3.42. The molecule has 136 valence electrons. The molecule has 0 spiro atoms. The SMILES string of the molecule is C[C@H]1CN2C[C@@H](NC(=O)c3cc(C4CC4)nc4ccccc34)C[C@H]2CO1. The third kappa shape index (κ3) is 2.99. The number of amides is 1. The minimum Gasteiger partial charge on any atom is -0.376 e. The van der Waals surface area contributed by atoms with Crippen LogP contribution in [-0.4, -0.2) is 53.7 Å². The highest BCUT2D eigenvalue weighted by Gasteiger charge is 2.37. The van der Waals surface area contributed by atoms with E-state index in [4.69, 9.17) is 9.72 Å². The first-order valence-corrected chi connectivity index (χ1v) is 9.73. The summed E-state index contributed by atoms with van der Waals surface area (Å²) >= 11 is 0. The summed E-state index contributed by atoms with van der Waals surface area (Å²) in [7, 11) is 0. The topological polar surface area (TPSA) is 54.5 Å². The molecule has 2 aliphatic heterocycles. The molecule has 26 heavy (non-hydrogen) atoms. The second kappa shape index (κ2) is 6.32. The van der Waals surface area contributed by atoms with Gasteiger partial charge in [0.2, 0.25) is 0 Å². The summed E-state index contributed by atoms with van der Waals surface area (Å²) in [5.41, 5.74) is 2.76. The number of para-hydroxylation sites is 1. The number of morpholine rings is 1. The zero-order valence-electron chi connectivity index (χ0n) is 15.1. The number of fused-ring (bicyclic) bond motifs is 2. The van der Waals surface area contributed by atoms with Crippen molar-refractivity contribution in [3.8, 4) is 0 Å². The summed E-state index contributed by atoms with van der Waals surface area (Å²) in [5.74, 6) is 0.564. The first kappa shape index (κ1) is 16.2. The third-order valence-corrected chi connectivity index (χ3v) is 5.90. The summed E-state index contributed by atoms with van der Waals surface area (Å²) in [4.78, 5) is 20.3. The van der Waals surface area contributed by atoms with Crippen LogP contribution in [0, 0.1) is 0 Å². The molecule has 3 heterocycles. The van der Waals surface area contributed by atoms with Gasteiger partial charge in [0, 0.05) is 42.2 Å². The van der Waals surface area contributed by atoms with Gasteiger partial charge in [0.05, 0.1) is 23.8 Å². The molecule has 1 amide bonds. The number of ether oxygens (including phenoxy) is 1. The van der Waals surface area contributed by atoms with Crippen LogP contribution < -0.4 is 5.32 Å². The van der Waals surface area contributed by atoms with Crippen molar-refractivity contribution in [2.75, 3.05) is 19.7 Å². The lowest BCUT2D eigenvalue weighted by atomic mass is 10.0. The minimum atomic E-state index is 0.0318. The van der Waals surface area contributed by atoms with Gasteiger partial charge in [-0.05, 0) is 38.3 Å². The Labute approximate surface area is 153 Å². The van der Waals surface area contributed by atoms with E-state index in [9.17, 15) is 4.79 Å². The summed E-state index contributed by atoms with van der Waals surface area (Å²) in [6.07, 6.45) is 3.62. The van der Waals surface area contributed by atoms with Gasteiger partial charge in [0.1, 0.15) is 0 Å². The van der Waals surface area contributed by atoms with Gasteiger partial charge < -0.3 is 10.1 Å². The lowest BCUT2D eigenvalue weighted by Crippen LogP contribution is -2.45.